The van der Waals surface area contributed by atoms with E-state index in [1.54, 1.807) is 13.0 Å². The zero-order valence-corrected chi connectivity index (χ0v) is 16.5. The average molecular weight is 378 g/mol. The smallest absolute Gasteiger partial charge is 0.261 e. The number of rotatable bonds is 3. The fourth-order valence-electron chi connectivity index (χ4n) is 4.23. The van der Waals surface area contributed by atoms with Crippen LogP contribution in [0, 0.1) is 6.92 Å². The van der Waals surface area contributed by atoms with Gasteiger partial charge in [-0.25, -0.2) is 4.98 Å². The summed E-state index contributed by atoms with van der Waals surface area (Å²) in [7, 11) is 2.02. The van der Waals surface area contributed by atoms with E-state index in [0.717, 1.165) is 37.9 Å². The van der Waals surface area contributed by atoms with Crippen molar-refractivity contribution in [1.29, 1.82) is 0 Å². The van der Waals surface area contributed by atoms with Crippen molar-refractivity contribution in [3.05, 3.63) is 64.5 Å². The van der Waals surface area contributed by atoms with Gasteiger partial charge in [-0.15, -0.1) is 0 Å². The van der Waals surface area contributed by atoms with E-state index in [2.05, 4.69) is 15.6 Å². The standard InChI is InChI=1S/C22H26N4O2/c1-16-23-18-10-6-5-9-17(18)22(28)26(16)15-21(27)25-14-7-3-4-11-20(25)19-12-8-13-24(19)2/h5-6,8-10,12-13,20H,3-4,7,11,14-15H2,1-2H3. The molecule has 0 saturated carbocycles. The third-order valence-corrected chi connectivity index (χ3v) is 5.74. The number of carbonyl (C=O) groups excluding carboxylic acids is 1. The van der Waals surface area contributed by atoms with Gasteiger partial charge in [-0.2, -0.15) is 0 Å². The first-order valence-corrected chi connectivity index (χ1v) is 9.93. The molecular formula is C22H26N4O2. The van der Waals surface area contributed by atoms with Crippen molar-refractivity contribution >= 4 is 16.8 Å². The van der Waals surface area contributed by atoms with Crippen LogP contribution in [0.2, 0.25) is 0 Å². The van der Waals surface area contributed by atoms with Gasteiger partial charge in [0.1, 0.15) is 12.4 Å². The maximum atomic E-state index is 13.3. The molecule has 2 aromatic heterocycles. The Hall–Kier alpha value is -2.89. The number of benzene rings is 1. The minimum Gasteiger partial charge on any atom is -0.353 e. The molecule has 3 aromatic rings. The van der Waals surface area contributed by atoms with E-state index >= 15 is 0 Å². The number of hydrogen-bond acceptors (Lipinski definition) is 3. The minimum atomic E-state index is -0.151. The molecule has 28 heavy (non-hydrogen) atoms. The van der Waals surface area contributed by atoms with Crippen LogP contribution in [-0.4, -0.2) is 31.5 Å². The SMILES string of the molecule is Cc1nc2ccccc2c(=O)n1CC(=O)N1CCCCCC1c1cccn1C. The monoisotopic (exact) mass is 378 g/mol. The Balaban J connectivity index is 1.67. The molecule has 1 aromatic carbocycles. The molecule has 4 rings (SSSR count). The van der Waals surface area contributed by atoms with Crippen molar-refractivity contribution in [3.63, 3.8) is 0 Å². The van der Waals surface area contributed by atoms with Gasteiger partial charge in [0.15, 0.2) is 0 Å². The second kappa shape index (κ2) is 7.62. The van der Waals surface area contributed by atoms with E-state index in [4.69, 9.17) is 0 Å². The summed E-state index contributed by atoms with van der Waals surface area (Å²) in [5.74, 6) is 0.553. The first kappa shape index (κ1) is 18.5. The number of carbonyl (C=O) groups is 1. The van der Waals surface area contributed by atoms with Gasteiger partial charge in [0.05, 0.1) is 16.9 Å². The number of amides is 1. The molecule has 6 heteroatoms. The summed E-state index contributed by atoms with van der Waals surface area (Å²) in [5.41, 5.74) is 1.67. The second-order valence-corrected chi connectivity index (χ2v) is 7.56. The van der Waals surface area contributed by atoms with Gasteiger partial charge in [-0.05, 0) is 44.0 Å². The summed E-state index contributed by atoms with van der Waals surface area (Å²) < 4.78 is 3.60. The van der Waals surface area contributed by atoms with Crippen LogP contribution in [0.15, 0.2) is 47.4 Å². The van der Waals surface area contributed by atoms with Gasteiger partial charge in [0, 0.05) is 25.5 Å². The summed E-state index contributed by atoms with van der Waals surface area (Å²) >= 11 is 0. The van der Waals surface area contributed by atoms with Crippen molar-refractivity contribution in [2.75, 3.05) is 6.54 Å². The summed E-state index contributed by atoms with van der Waals surface area (Å²) in [4.78, 5) is 32.7. The summed E-state index contributed by atoms with van der Waals surface area (Å²) in [6.07, 6.45) is 6.20. The second-order valence-electron chi connectivity index (χ2n) is 7.56. The van der Waals surface area contributed by atoms with Crippen LogP contribution in [0.25, 0.3) is 10.9 Å². The number of aryl methyl sites for hydroxylation is 2. The average Bonchev–Trinajstić information content (AvgIpc) is 2.96. The van der Waals surface area contributed by atoms with Gasteiger partial charge < -0.3 is 9.47 Å². The highest BCUT2D eigenvalue weighted by atomic mass is 16.2. The predicted molar refractivity (Wildman–Crippen MR) is 109 cm³/mol. The Bertz CT molecular complexity index is 1070. The zero-order chi connectivity index (χ0) is 19.7. The van der Waals surface area contributed by atoms with Gasteiger partial charge >= 0.3 is 0 Å². The van der Waals surface area contributed by atoms with E-state index in [-0.39, 0.29) is 24.1 Å². The molecule has 0 radical (unpaired) electrons. The molecular weight excluding hydrogens is 352 g/mol. The maximum absolute atomic E-state index is 13.3. The van der Waals surface area contributed by atoms with Crippen LogP contribution in [-0.2, 0) is 18.4 Å². The molecule has 0 bridgehead atoms. The Kier molecular flexibility index (Phi) is 5.03. The first-order valence-electron chi connectivity index (χ1n) is 9.93. The zero-order valence-electron chi connectivity index (χ0n) is 16.5. The number of para-hydroxylation sites is 1. The molecule has 0 spiro atoms. The van der Waals surface area contributed by atoms with Crippen LogP contribution in [0.5, 0.6) is 0 Å². The van der Waals surface area contributed by atoms with Crippen LogP contribution < -0.4 is 5.56 Å². The minimum absolute atomic E-state index is 0.0182. The molecule has 0 aliphatic carbocycles. The largest absolute Gasteiger partial charge is 0.353 e. The Morgan fingerprint density at radius 1 is 1.14 bits per heavy atom. The van der Waals surface area contributed by atoms with Gasteiger partial charge in [0.2, 0.25) is 5.91 Å². The van der Waals surface area contributed by atoms with Crippen molar-refractivity contribution < 1.29 is 4.79 Å². The molecule has 1 atom stereocenters. The number of fused-ring (bicyclic) bond motifs is 1. The molecule has 1 aliphatic heterocycles. The van der Waals surface area contributed by atoms with E-state index in [0.29, 0.717) is 16.7 Å². The number of aromatic nitrogens is 3. The Morgan fingerprint density at radius 2 is 1.96 bits per heavy atom. The van der Waals surface area contributed by atoms with Gasteiger partial charge in [0.25, 0.3) is 5.56 Å². The summed E-state index contributed by atoms with van der Waals surface area (Å²) in [6.45, 7) is 2.55. The predicted octanol–water partition coefficient (Wildman–Crippen LogP) is 3.19. The number of hydrogen-bond donors (Lipinski definition) is 0. The van der Waals surface area contributed by atoms with E-state index in [9.17, 15) is 9.59 Å². The molecule has 1 unspecified atom stereocenters. The van der Waals surface area contributed by atoms with Crippen molar-refractivity contribution in [3.8, 4) is 0 Å². The lowest BCUT2D eigenvalue weighted by atomic mass is 10.1. The third kappa shape index (κ3) is 3.35. The molecule has 6 nitrogen and oxygen atoms in total. The topological polar surface area (TPSA) is 60.1 Å². The molecule has 1 amide bonds. The highest BCUT2D eigenvalue weighted by Crippen LogP contribution is 2.30. The van der Waals surface area contributed by atoms with Crippen molar-refractivity contribution in [2.45, 2.75) is 45.2 Å². The van der Waals surface area contributed by atoms with E-state index in [1.807, 2.05) is 42.4 Å². The number of likely N-dealkylation sites (tertiary alicyclic amines) is 1. The summed E-state index contributed by atoms with van der Waals surface area (Å²) in [5, 5.41) is 0.552. The van der Waals surface area contributed by atoms with E-state index < -0.39 is 0 Å². The molecule has 1 aliphatic rings. The molecule has 3 heterocycles. The normalized spacial score (nSPS) is 17.6. The lowest BCUT2D eigenvalue weighted by molar-refractivity contribution is -0.134. The summed E-state index contributed by atoms with van der Waals surface area (Å²) in [6, 6.07) is 11.5. The highest BCUT2D eigenvalue weighted by molar-refractivity contribution is 5.79. The Morgan fingerprint density at radius 3 is 2.75 bits per heavy atom. The molecule has 146 valence electrons. The quantitative estimate of drug-likeness (QED) is 0.703. The van der Waals surface area contributed by atoms with Crippen molar-refractivity contribution in [2.24, 2.45) is 7.05 Å². The molecule has 1 saturated heterocycles. The molecule has 1 fully saturated rings. The first-order chi connectivity index (χ1) is 13.6. The van der Waals surface area contributed by atoms with Gasteiger partial charge in [-0.3, -0.25) is 14.2 Å². The fraction of sp³-hybridized carbons (Fsp3) is 0.409. The van der Waals surface area contributed by atoms with Crippen LogP contribution in [0.4, 0.5) is 0 Å². The van der Waals surface area contributed by atoms with Crippen LogP contribution in [0.3, 0.4) is 0 Å². The lowest BCUT2D eigenvalue weighted by Gasteiger charge is -2.31. The fourth-order valence-corrected chi connectivity index (χ4v) is 4.23. The maximum Gasteiger partial charge on any atom is 0.261 e. The molecule has 0 N–H and O–H groups in total. The van der Waals surface area contributed by atoms with Crippen LogP contribution >= 0.6 is 0 Å². The Labute approximate surface area is 164 Å². The lowest BCUT2D eigenvalue weighted by Crippen LogP contribution is -2.40. The highest BCUT2D eigenvalue weighted by Gasteiger charge is 2.28. The van der Waals surface area contributed by atoms with Crippen LogP contribution in [0.1, 0.15) is 43.2 Å². The van der Waals surface area contributed by atoms with E-state index in [1.165, 1.54) is 4.57 Å². The van der Waals surface area contributed by atoms with Gasteiger partial charge in [-0.1, -0.05) is 25.0 Å². The third-order valence-electron chi connectivity index (χ3n) is 5.74. The number of nitrogens with zero attached hydrogens (tertiary/aromatic N) is 4. The van der Waals surface area contributed by atoms with Crippen molar-refractivity contribution in [1.82, 2.24) is 19.0 Å².